The van der Waals surface area contributed by atoms with Crippen LogP contribution in [0.15, 0.2) is 36.5 Å². The Hall–Kier alpha value is -1.92. The first-order valence-corrected chi connectivity index (χ1v) is 8.47. The molecule has 6 heteroatoms. The van der Waals surface area contributed by atoms with E-state index in [1.165, 1.54) is 0 Å². The summed E-state index contributed by atoms with van der Waals surface area (Å²) in [6, 6.07) is 0. The van der Waals surface area contributed by atoms with E-state index in [1.54, 1.807) is 12.4 Å². The first-order valence-electron chi connectivity index (χ1n) is 8.47. The zero-order chi connectivity index (χ0) is 17.4. The smallest absolute Gasteiger partial charge is 0.272 e. The van der Waals surface area contributed by atoms with Crippen LogP contribution in [0, 0.1) is 0 Å². The summed E-state index contributed by atoms with van der Waals surface area (Å²) in [7, 11) is 0. The van der Waals surface area contributed by atoms with Crippen LogP contribution >= 0.6 is 0 Å². The molecule has 0 saturated carbocycles. The summed E-state index contributed by atoms with van der Waals surface area (Å²) in [4.78, 5) is 28.3. The van der Waals surface area contributed by atoms with Crippen molar-refractivity contribution in [2.24, 2.45) is 0 Å². The van der Waals surface area contributed by atoms with Gasteiger partial charge >= 0.3 is 0 Å². The standard InChI is InChI=1S/C18H25N3O3/c1-14(16(23)19-24)18(8-4-3-5-9-18)20-12-10-17(13-20)7-6-11-21(17)15(2)22/h3-5,8,24H,1,6-7,9-13H2,2H3,(H,19,23). The summed E-state index contributed by atoms with van der Waals surface area (Å²) in [6.07, 6.45) is 11.4. The molecule has 1 aliphatic carbocycles. The molecule has 2 amide bonds. The van der Waals surface area contributed by atoms with Crippen molar-refractivity contribution in [3.63, 3.8) is 0 Å². The monoisotopic (exact) mass is 331 g/mol. The van der Waals surface area contributed by atoms with Gasteiger partial charge in [-0.1, -0.05) is 30.9 Å². The van der Waals surface area contributed by atoms with E-state index in [0.29, 0.717) is 12.0 Å². The maximum absolute atomic E-state index is 12.0. The van der Waals surface area contributed by atoms with E-state index in [4.69, 9.17) is 5.21 Å². The molecule has 1 spiro atoms. The molecule has 6 nitrogen and oxygen atoms in total. The Morgan fingerprint density at radius 1 is 1.25 bits per heavy atom. The molecule has 2 atom stereocenters. The number of allylic oxidation sites excluding steroid dienone is 2. The minimum absolute atomic E-state index is 0.120. The van der Waals surface area contributed by atoms with Crippen LogP contribution in [0.1, 0.15) is 32.6 Å². The molecule has 2 heterocycles. The van der Waals surface area contributed by atoms with Crippen molar-refractivity contribution in [2.75, 3.05) is 19.6 Å². The van der Waals surface area contributed by atoms with Gasteiger partial charge in [0.2, 0.25) is 5.91 Å². The molecule has 0 aromatic carbocycles. The topological polar surface area (TPSA) is 72.9 Å². The zero-order valence-corrected chi connectivity index (χ0v) is 14.1. The largest absolute Gasteiger partial charge is 0.336 e. The maximum atomic E-state index is 12.0. The molecule has 2 aliphatic heterocycles. The summed E-state index contributed by atoms with van der Waals surface area (Å²) in [5.41, 5.74) is 1.26. The number of hydrogen-bond acceptors (Lipinski definition) is 4. The highest BCUT2D eigenvalue weighted by Gasteiger charge is 2.52. The third kappa shape index (κ3) is 2.50. The van der Waals surface area contributed by atoms with Crippen LogP contribution in [-0.2, 0) is 9.59 Å². The fourth-order valence-electron chi connectivity index (χ4n) is 4.57. The highest BCUT2D eigenvalue weighted by atomic mass is 16.5. The Balaban J connectivity index is 1.90. The van der Waals surface area contributed by atoms with Gasteiger partial charge in [-0.3, -0.25) is 19.7 Å². The highest BCUT2D eigenvalue weighted by molar-refractivity contribution is 5.95. The van der Waals surface area contributed by atoms with Crippen molar-refractivity contribution >= 4 is 11.8 Å². The van der Waals surface area contributed by atoms with Crippen LogP contribution in [0.5, 0.6) is 0 Å². The van der Waals surface area contributed by atoms with Gasteiger partial charge in [-0.15, -0.1) is 0 Å². The summed E-state index contributed by atoms with van der Waals surface area (Å²) in [6.45, 7) is 7.91. The summed E-state index contributed by atoms with van der Waals surface area (Å²) in [5, 5.41) is 9.04. The fraction of sp³-hybridized carbons (Fsp3) is 0.556. The average molecular weight is 331 g/mol. The van der Waals surface area contributed by atoms with Crippen LogP contribution in [0.4, 0.5) is 0 Å². The van der Waals surface area contributed by atoms with Crippen molar-refractivity contribution in [1.82, 2.24) is 15.3 Å². The van der Waals surface area contributed by atoms with Crippen molar-refractivity contribution in [2.45, 2.75) is 43.7 Å². The number of likely N-dealkylation sites (tertiary alicyclic amines) is 2. The molecule has 2 saturated heterocycles. The summed E-state index contributed by atoms with van der Waals surface area (Å²) < 4.78 is 0. The Labute approximate surface area is 142 Å². The second kappa shape index (κ2) is 6.18. The van der Waals surface area contributed by atoms with Gasteiger partial charge < -0.3 is 4.90 Å². The molecule has 0 aromatic rings. The van der Waals surface area contributed by atoms with E-state index < -0.39 is 11.4 Å². The maximum Gasteiger partial charge on any atom is 0.272 e. The minimum Gasteiger partial charge on any atom is -0.336 e. The van der Waals surface area contributed by atoms with Gasteiger partial charge in [0.05, 0.1) is 11.1 Å². The van der Waals surface area contributed by atoms with Gasteiger partial charge in [0, 0.05) is 32.1 Å². The number of hydroxylamine groups is 1. The van der Waals surface area contributed by atoms with E-state index in [1.807, 2.05) is 29.2 Å². The summed E-state index contributed by atoms with van der Waals surface area (Å²) in [5.74, 6) is -0.444. The van der Waals surface area contributed by atoms with Crippen LogP contribution in [-0.4, -0.2) is 57.5 Å². The van der Waals surface area contributed by atoms with E-state index in [0.717, 1.165) is 38.9 Å². The quantitative estimate of drug-likeness (QED) is 0.466. The first kappa shape index (κ1) is 16.9. The lowest BCUT2D eigenvalue weighted by Gasteiger charge is -2.43. The Kier molecular flexibility index (Phi) is 4.36. The second-order valence-electron chi connectivity index (χ2n) is 7.01. The van der Waals surface area contributed by atoms with Gasteiger partial charge in [0.1, 0.15) is 0 Å². The third-order valence-corrected chi connectivity index (χ3v) is 5.82. The van der Waals surface area contributed by atoms with E-state index in [-0.39, 0.29) is 11.4 Å². The molecule has 3 aliphatic rings. The van der Waals surface area contributed by atoms with Gasteiger partial charge in [-0.2, -0.15) is 0 Å². The first-order chi connectivity index (χ1) is 11.4. The Morgan fingerprint density at radius 2 is 2.04 bits per heavy atom. The number of carbonyl (C=O) groups excluding carboxylic acids is 2. The highest BCUT2D eigenvalue weighted by Crippen LogP contribution is 2.43. The lowest BCUT2D eigenvalue weighted by Crippen LogP contribution is -2.54. The molecule has 0 bridgehead atoms. The van der Waals surface area contributed by atoms with Crippen LogP contribution in [0.2, 0.25) is 0 Å². The zero-order valence-electron chi connectivity index (χ0n) is 14.1. The Bertz CT molecular complexity index is 627. The minimum atomic E-state index is -0.643. The normalized spacial score (nSPS) is 32.5. The molecule has 3 rings (SSSR count). The van der Waals surface area contributed by atoms with Gasteiger partial charge in [-0.05, 0) is 25.7 Å². The van der Waals surface area contributed by atoms with E-state index >= 15 is 0 Å². The van der Waals surface area contributed by atoms with Gasteiger partial charge in [-0.25, -0.2) is 5.48 Å². The van der Waals surface area contributed by atoms with Gasteiger partial charge in [0.15, 0.2) is 0 Å². The molecule has 24 heavy (non-hydrogen) atoms. The van der Waals surface area contributed by atoms with Crippen LogP contribution < -0.4 is 5.48 Å². The van der Waals surface area contributed by atoms with Crippen molar-refractivity contribution in [1.29, 1.82) is 0 Å². The number of carbonyl (C=O) groups is 2. The number of nitrogens with one attached hydrogen (secondary N) is 1. The second-order valence-corrected chi connectivity index (χ2v) is 7.01. The number of amides is 2. The molecule has 130 valence electrons. The molecule has 2 unspecified atom stereocenters. The number of rotatable bonds is 3. The van der Waals surface area contributed by atoms with E-state index in [9.17, 15) is 9.59 Å². The predicted octanol–water partition coefficient (Wildman–Crippen LogP) is 1.39. The van der Waals surface area contributed by atoms with Crippen molar-refractivity contribution < 1.29 is 14.8 Å². The predicted molar refractivity (Wildman–Crippen MR) is 90.2 cm³/mol. The fourth-order valence-corrected chi connectivity index (χ4v) is 4.57. The Morgan fingerprint density at radius 3 is 2.67 bits per heavy atom. The molecule has 2 fully saturated rings. The van der Waals surface area contributed by atoms with E-state index in [2.05, 4.69) is 11.5 Å². The van der Waals surface area contributed by atoms with Crippen molar-refractivity contribution in [3.05, 3.63) is 36.5 Å². The molecule has 2 N–H and O–H groups in total. The lowest BCUT2D eigenvalue weighted by atomic mass is 9.82. The van der Waals surface area contributed by atoms with Crippen molar-refractivity contribution in [3.8, 4) is 0 Å². The van der Waals surface area contributed by atoms with Crippen LogP contribution in [0.25, 0.3) is 0 Å². The molecular formula is C18H25N3O3. The summed E-state index contributed by atoms with van der Waals surface area (Å²) >= 11 is 0. The number of hydrogen-bond donors (Lipinski definition) is 2. The third-order valence-electron chi connectivity index (χ3n) is 5.82. The SMILES string of the molecule is C=C(C(=O)NO)C1(N2CCC3(CCCN3C(C)=O)C2)C=CC=CC1. The van der Waals surface area contributed by atoms with Crippen LogP contribution in [0.3, 0.4) is 0 Å². The molecule has 0 radical (unpaired) electrons. The number of nitrogens with zero attached hydrogens (tertiary/aromatic N) is 2. The van der Waals surface area contributed by atoms with Gasteiger partial charge in [0.25, 0.3) is 5.91 Å². The average Bonchev–Trinajstić information content (AvgIpc) is 3.22. The lowest BCUT2D eigenvalue weighted by molar-refractivity contribution is -0.133. The molecule has 0 aromatic heterocycles. The molecular weight excluding hydrogens is 306 g/mol.